The van der Waals surface area contributed by atoms with Gasteiger partial charge in [0.2, 0.25) is 0 Å². The molecule has 0 spiro atoms. The van der Waals surface area contributed by atoms with Crippen LogP contribution in [0.2, 0.25) is 0 Å². The third-order valence-electron chi connectivity index (χ3n) is 4.19. The molecule has 20 heavy (non-hydrogen) atoms. The molecule has 0 amide bonds. The molecule has 1 aliphatic rings. The molecule has 0 aromatic heterocycles. The van der Waals surface area contributed by atoms with Gasteiger partial charge >= 0.3 is 0 Å². The number of rotatable bonds is 7. The normalized spacial score (nSPS) is 19.1. The predicted molar refractivity (Wildman–Crippen MR) is 80.3 cm³/mol. The molecule has 0 heterocycles. The van der Waals surface area contributed by atoms with Gasteiger partial charge in [0, 0.05) is 6.61 Å². The van der Waals surface area contributed by atoms with Crippen molar-refractivity contribution < 1.29 is 9.13 Å². The number of nitrogens with one attached hydrogen (secondary N) is 1. The molecule has 1 unspecified atom stereocenters. The average Bonchev–Trinajstić information content (AvgIpc) is 2.89. The zero-order chi connectivity index (χ0) is 14.4. The van der Waals surface area contributed by atoms with Crippen molar-refractivity contribution in [3.05, 3.63) is 35.6 Å². The molecule has 2 rings (SSSR count). The van der Waals surface area contributed by atoms with Crippen molar-refractivity contribution in [2.24, 2.45) is 0 Å². The summed E-state index contributed by atoms with van der Waals surface area (Å²) in [4.78, 5) is 0. The minimum Gasteiger partial charge on any atom is -0.373 e. The topological polar surface area (TPSA) is 21.3 Å². The summed E-state index contributed by atoms with van der Waals surface area (Å²) in [5.41, 5.74) is 0.839. The van der Waals surface area contributed by atoms with E-state index >= 15 is 0 Å². The van der Waals surface area contributed by atoms with Gasteiger partial charge in [-0.15, -0.1) is 0 Å². The lowest BCUT2D eigenvalue weighted by Crippen LogP contribution is -2.44. The summed E-state index contributed by atoms with van der Waals surface area (Å²) in [7, 11) is 0. The summed E-state index contributed by atoms with van der Waals surface area (Å²) in [6.07, 6.45) is 5.56. The van der Waals surface area contributed by atoms with E-state index < -0.39 is 0 Å². The van der Waals surface area contributed by atoms with E-state index in [0.717, 1.165) is 31.4 Å². The summed E-state index contributed by atoms with van der Waals surface area (Å²) in [5.74, 6) is -0.171. The molecule has 1 aliphatic carbocycles. The standard InChI is InChI=1S/C17H26FNO/c1-3-12-19-16(14-8-7-9-15(18)13-14)17(20-4-2)10-5-6-11-17/h7-9,13,16,19H,3-6,10-12H2,1-2H3. The molecule has 1 aromatic rings. The van der Waals surface area contributed by atoms with E-state index in [-0.39, 0.29) is 17.5 Å². The van der Waals surface area contributed by atoms with Crippen LogP contribution in [0.3, 0.4) is 0 Å². The molecule has 112 valence electrons. The Bertz CT molecular complexity index is 415. The first-order valence-corrected chi connectivity index (χ1v) is 7.84. The van der Waals surface area contributed by atoms with Gasteiger partial charge in [-0.1, -0.05) is 31.9 Å². The van der Waals surface area contributed by atoms with Crippen LogP contribution in [0.25, 0.3) is 0 Å². The average molecular weight is 279 g/mol. The molecule has 1 atom stereocenters. The van der Waals surface area contributed by atoms with Gasteiger partial charge in [-0.2, -0.15) is 0 Å². The van der Waals surface area contributed by atoms with Crippen molar-refractivity contribution >= 4 is 0 Å². The summed E-state index contributed by atoms with van der Waals surface area (Å²) in [6, 6.07) is 7.03. The Morgan fingerprint density at radius 2 is 2.05 bits per heavy atom. The molecule has 1 saturated carbocycles. The van der Waals surface area contributed by atoms with Crippen LogP contribution in [0, 0.1) is 5.82 Å². The summed E-state index contributed by atoms with van der Waals surface area (Å²) >= 11 is 0. The SMILES string of the molecule is CCCNC(c1cccc(F)c1)C1(OCC)CCCC1. The van der Waals surface area contributed by atoms with Crippen molar-refractivity contribution in [1.82, 2.24) is 5.32 Å². The van der Waals surface area contributed by atoms with Crippen LogP contribution < -0.4 is 5.32 Å². The molecular weight excluding hydrogens is 253 g/mol. The largest absolute Gasteiger partial charge is 0.373 e. The third-order valence-corrected chi connectivity index (χ3v) is 4.19. The van der Waals surface area contributed by atoms with E-state index in [1.54, 1.807) is 12.1 Å². The van der Waals surface area contributed by atoms with Crippen molar-refractivity contribution in [1.29, 1.82) is 0 Å². The second kappa shape index (κ2) is 7.19. The van der Waals surface area contributed by atoms with Crippen molar-refractivity contribution in [3.63, 3.8) is 0 Å². The molecule has 1 fully saturated rings. The van der Waals surface area contributed by atoms with E-state index in [1.165, 1.54) is 18.9 Å². The summed E-state index contributed by atoms with van der Waals surface area (Å²) in [6.45, 7) is 5.83. The van der Waals surface area contributed by atoms with Crippen LogP contribution in [-0.4, -0.2) is 18.8 Å². The van der Waals surface area contributed by atoms with Gasteiger partial charge in [-0.05, 0) is 50.4 Å². The number of hydrogen-bond acceptors (Lipinski definition) is 2. The van der Waals surface area contributed by atoms with E-state index in [0.29, 0.717) is 6.61 Å². The first-order valence-electron chi connectivity index (χ1n) is 7.84. The fraction of sp³-hybridized carbons (Fsp3) is 0.647. The highest BCUT2D eigenvalue weighted by Crippen LogP contribution is 2.43. The Morgan fingerprint density at radius 1 is 1.30 bits per heavy atom. The summed E-state index contributed by atoms with van der Waals surface area (Å²) in [5, 5.41) is 3.59. The fourth-order valence-corrected chi connectivity index (χ4v) is 3.36. The monoisotopic (exact) mass is 279 g/mol. The van der Waals surface area contributed by atoms with Crippen LogP contribution in [0.1, 0.15) is 57.6 Å². The highest BCUT2D eigenvalue weighted by atomic mass is 19.1. The molecular formula is C17H26FNO. The Kier molecular flexibility index (Phi) is 5.55. The molecule has 0 aliphatic heterocycles. The highest BCUT2D eigenvalue weighted by molar-refractivity contribution is 5.24. The number of ether oxygens (including phenoxy) is 1. The van der Waals surface area contributed by atoms with Gasteiger partial charge in [0.15, 0.2) is 0 Å². The number of halogens is 1. The lowest BCUT2D eigenvalue weighted by molar-refractivity contribution is -0.0626. The molecule has 2 nitrogen and oxygen atoms in total. The second-order valence-corrected chi connectivity index (χ2v) is 5.65. The van der Waals surface area contributed by atoms with Crippen LogP contribution in [-0.2, 0) is 4.74 Å². The minimum atomic E-state index is -0.171. The fourth-order valence-electron chi connectivity index (χ4n) is 3.36. The predicted octanol–water partition coefficient (Wildman–Crippen LogP) is 4.22. The molecule has 0 radical (unpaired) electrons. The Morgan fingerprint density at radius 3 is 2.65 bits per heavy atom. The van der Waals surface area contributed by atoms with Gasteiger partial charge in [-0.25, -0.2) is 4.39 Å². The van der Waals surface area contributed by atoms with E-state index in [1.807, 2.05) is 13.0 Å². The second-order valence-electron chi connectivity index (χ2n) is 5.65. The van der Waals surface area contributed by atoms with Gasteiger partial charge in [0.1, 0.15) is 5.82 Å². The maximum absolute atomic E-state index is 13.6. The smallest absolute Gasteiger partial charge is 0.123 e. The van der Waals surface area contributed by atoms with Crippen LogP contribution in [0.15, 0.2) is 24.3 Å². The zero-order valence-electron chi connectivity index (χ0n) is 12.6. The molecule has 1 aromatic carbocycles. The third kappa shape index (κ3) is 3.39. The number of hydrogen-bond donors (Lipinski definition) is 1. The van der Waals surface area contributed by atoms with E-state index in [2.05, 4.69) is 12.2 Å². The molecule has 0 bridgehead atoms. The molecule has 1 N–H and O–H groups in total. The Hall–Kier alpha value is -0.930. The van der Waals surface area contributed by atoms with Gasteiger partial charge < -0.3 is 10.1 Å². The van der Waals surface area contributed by atoms with E-state index in [4.69, 9.17) is 4.74 Å². The van der Waals surface area contributed by atoms with E-state index in [9.17, 15) is 4.39 Å². The zero-order valence-corrected chi connectivity index (χ0v) is 12.6. The van der Waals surface area contributed by atoms with Crippen molar-refractivity contribution in [3.8, 4) is 0 Å². The molecule has 0 saturated heterocycles. The Labute approximate surface area is 121 Å². The first-order chi connectivity index (χ1) is 9.72. The quantitative estimate of drug-likeness (QED) is 0.807. The number of benzene rings is 1. The van der Waals surface area contributed by atoms with Crippen LogP contribution in [0.5, 0.6) is 0 Å². The lowest BCUT2D eigenvalue weighted by Gasteiger charge is -2.38. The van der Waals surface area contributed by atoms with Gasteiger partial charge in [0.25, 0.3) is 0 Å². The minimum absolute atomic E-state index is 0.0839. The van der Waals surface area contributed by atoms with Crippen LogP contribution >= 0.6 is 0 Å². The van der Waals surface area contributed by atoms with Gasteiger partial charge in [0.05, 0.1) is 11.6 Å². The molecule has 3 heteroatoms. The van der Waals surface area contributed by atoms with Gasteiger partial charge in [-0.3, -0.25) is 0 Å². The highest BCUT2D eigenvalue weighted by Gasteiger charge is 2.42. The first kappa shape index (κ1) is 15.5. The summed E-state index contributed by atoms with van der Waals surface area (Å²) < 4.78 is 19.7. The Balaban J connectivity index is 2.30. The van der Waals surface area contributed by atoms with Crippen molar-refractivity contribution in [2.75, 3.05) is 13.2 Å². The van der Waals surface area contributed by atoms with Crippen LogP contribution in [0.4, 0.5) is 4.39 Å². The van der Waals surface area contributed by atoms with Crippen molar-refractivity contribution in [2.45, 2.75) is 57.6 Å². The lowest BCUT2D eigenvalue weighted by atomic mass is 9.86. The maximum Gasteiger partial charge on any atom is 0.123 e. The maximum atomic E-state index is 13.6.